The molecule has 0 bridgehead atoms. The van der Waals surface area contributed by atoms with E-state index in [1.54, 1.807) is 6.26 Å². The minimum Gasteiger partial charge on any atom is -0.463 e. The van der Waals surface area contributed by atoms with Crippen LogP contribution in [0.5, 0.6) is 0 Å². The minimum absolute atomic E-state index is 0.829. The first kappa shape index (κ1) is 11.5. The molecule has 0 saturated carbocycles. The third kappa shape index (κ3) is 2.32. The van der Waals surface area contributed by atoms with Crippen LogP contribution in [0.1, 0.15) is 11.5 Å². The molecular weight excluding hydrogens is 228 g/mol. The number of nitrogens with one attached hydrogen (secondary N) is 2. The van der Waals surface area contributed by atoms with Gasteiger partial charge in [0.25, 0.3) is 0 Å². The molecule has 2 aromatic heterocycles. The van der Waals surface area contributed by atoms with Crippen molar-refractivity contribution in [2.45, 2.75) is 13.5 Å². The molecule has 5 heteroatoms. The van der Waals surface area contributed by atoms with Gasteiger partial charge in [-0.2, -0.15) is 0 Å². The average molecular weight is 246 g/mol. The van der Waals surface area contributed by atoms with Crippen LogP contribution in [0.2, 0.25) is 0 Å². The van der Waals surface area contributed by atoms with E-state index in [4.69, 9.17) is 4.42 Å². The normalized spacial score (nSPS) is 17.2. The van der Waals surface area contributed by atoms with Crippen LogP contribution in [0, 0.1) is 6.92 Å². The summed E-state index contributed by atoms with van der Waals surface area (Å²) in [5.41, 5.74) is 1.99. The number of aromatic amines is 1. The van der Waals surface area contributed by atoms with Crippen LogP contribution >= 0.6 is 0 Å². The Morgan fingerprint density at radius 2 is 2.22 bits per heavy atom. The second kappa shape index (κ2) is 4.96. The SMILES string of the molecule is Cc1[nH]c(CN2CCNCC2)nc1-c1ccco1. The molecule has 18 heavy (non-hydrogen) atoms. The molecule has 1 aliphatic heterocycles. The van der Waals surface area contributed by atoms with Gasteiger partial charge in [-0.15, -0.1) is 0 Å². The molecule has 96 valence electrons. The lowest BCUT2D eigenvalue weighted by atomic mass is 10.3. The Kier molecular flexibility index (Phi) is 3.17. The number of hydrogen-bond acceptors (Lipinski definition) is 4. The Labute approximate surface area is 106 Å². The first-order valence-electron chi connectivity index (χ1n) is 6.35. The molecule has 5 nitrogen and oxygen atoms in total. The zero-order valence-corrected chi connectivity index (χ0v) is 10.6. The summed E-state index contributed by atoms with van der Waals surface area (Å²) in [5.74, 6) is 1.84. The Balaban J connectivity index is 1.75. The van der Waals surface area contributed by atoms with Crippen LogP contribution in [-0.2, 0) is 6.54 Å². The van der Waals surface area contributed by atoms with E-state index in [1.165, 1.54) is 0 Å². The average Bonchev–Trinajstić information content (AvgIpc) is 3.00. The summed E-state index contributed by atoms with van der Waals surface area (Å²) < 4.78 is 5.40. The van der Waals surface area contributed by atoms with Crippen molar-refractivity contribution < 1.29 is 4.42 Å². The molecule has 2 aromatic rings. The Morgan fingerprint density at radius 1 is 1.39 bits per heavy atom. The Morgan fingerprint density at radius 3 is 2.94 bits per heavy atom. The fourth-order valence-corrected chi connectivity index (χ4v) is 2.33. The topological polar surface area (TPSA) is 57.1 Å². The lowest BCUT2D eigenvalue weighted by Crippen LogP contribution is -2.43. The monoisotopic (exact) mass is 246 g/mol. The number of aryl methyl sites for hydroxylation is 1. The van der Waals surface area contributed by atoms with Crippen LogP contribution in [0.15, 0.2) is 22.8 Å². The molecule has 1 fully saturated rings. The van der Waals surface area contributed by atoms with Gasteiger partial charge in [0, 0.05) is 31.9 Å². The Bertz CT molecular complexity index is 497. The maximum Gasteiger partial charge on any atom is 0.154 e. The van der Waals surface area contributed by atoms with Crippen LogP contribution in [-0.4, -0.2) is 41.0 Å². The molecule has 0 radical (unpaired) electrons. The third-order valence-corrected chi connectivity index (χ3v) is 3.27. The van der Waals surface area contributed by atoms with Crippen molar-refractivity contribution in [3.63, 3.8) is 0 Å². The van der Waals surface area contributed by atoms with Crippen LogP contribution in [0.4, 0.5) is 0 Å². The molecule has 3 rings (SSSR count). The summed E-state index contributed by atoms with van der Waals surface area (Å²) in [4.78, 5) is 10.4. The molecule has 0 aliphatic carbocycles. The summed E-state index contributed by atoms with van der Waals surface area (Å²) >= 11 is 0. The first-order valence-corrected chi connectivity index (χ1v) is 6.35. The fourth-order valence-electron chi connectivity index (χ4n) is 2.33. The zero-order chi connectivity index (χ0) is 12.4. The highest BCUT2D eigenvalue weighted by molar-refractivity contribution is 5.55. The molecule has 0 spiro atoms. The van der Waals surface area contributed by atoms with Crippen molar-refractivity contribution in [3.8, 4) is 11.5 Å². The molecule has 0 atom stereocenters. The van der Waals surface area contributed by atoms with Crippen molar-refractivity contribution in [2.75, 3.05) is 26.2 Å². The van der Waals surface area contributed by atoms with E-state index in [1.807, 2.05) is 19.1 Å². The van der Waals surface area contributed by atoms with Gasteiger partial charge in [-0.25, -0.2) is 4.98 Å². The number of nitrogens with zero attached hydrogens (tertiary/aromatic N) is 2. The maximum atomic E-state index is 5.40. The van der Waals surface area contributed by atoms with Gasteiger partial charge in [-0.3, -0.25) is 4.90 Å². The highest BCUT2D eigenvalue weighted by Crippen LogP contribution is 2.21. The predicted octanol–water partition coefficient (Wildman–Crippen LogP) is 1.38. The standard InChI is InChI=1S/C13H18N4O/c1-10-13(11-3-2-8-18-11)16-12(15-10)9-17-6-4-14-5-7-17/h2-3,8,14H,4-7,9H2,1H3,(H,15,16). The Hall–Kier alpha value is -1.59. The van der Waals surface area contributed by atoms with Crippen molar-refractivity contribution in [1.82, 2.24) is 20.2 Å². The molecular formula is C13H18N4O. The summed E-state index contributed by atoms with van der Waals surface area (Å²) in [6, 6.07) is 3.83. The number of hydrogen-bond donors (Lipinski definition) is 2. The molecule has 2 N–H and O–H groups in total. The second-order valence-corrected chi connectivity index (χ2v) is 4.66. The number of H-pyrrole nitrogens is 1. The lowest BCUT2D eigenvalue weighted by Gasteiger charge is -2.26. The van der Waals surface area contributed by atoms with Gasteiger partial charge in [0.1, 0.15) is 11.5 Å². The highest BCUT2D eigenvalue weighted by Gasteiger charge is 2.15. The van der Waals surface area contributed by atoms with Crippen LogP contribution in [0.3, 0.4) is 0 Å². The molecule has 0 unspecified atom stereocenters. The molecule has 3 heterocycles. The summed E-state index contributed by atoms with van der Waals surface area (Å²) in [6.07, 6.45) is 1.68. The van der Waals surface area contributed by atoms with E-state index in [0.29, 0.717) is 0 Å². The molecule has 1 aliphatic rings. The van der Waals surface area contributed by atoms with Crippen molar-refractivity contribution in [2.24, 2.45) is 0 Å². The van der Waals surface area contributed by atoms with Gasteiger partial charge in [0.2, 0.25) is 0 Å². The maximum absolute atomic E-state index is 5.40. The van der Waals surface area contributed by atoms with E-state index < -0.39 is 0 Å². The van der Waals surface area contributed by atoms with Gasteiger partial charge >= 0.3 is 0 Å². The van der Waals surface area contributed by atoms with Crippen LogP contribution < -0.4 is 5.32 Å². The van der Waals surface area contributed by atoms with E-state index in [-0.39, 0.29) is 0 Å². The minimum atomic E-state index is 0.829. The quantitative estimate of drug-likeness (QED) is 0.859. The number of furan rings is 1. The third-order valence-electron chi connectivity index (χ3n) is 3.27. The van der Waals surface area contributed by atoms with E-state index in [0.717, 1.165) is 55.7 Å². The van der Waals surface area contributed by atoms with Gasteiger partial charge < -0.3 is 14.7 Å². The van der Waals surface area contributed by atoms with E-state index in [9.17, 15) is 0 Å². The number of rotatable bonds is 3. The highest BCUT2D eigenvalue weighted by atomic mass is 16.3. The molecule has 1 saturated heterocycles. The number of imidazole rings is 1. The number of piperazine rings is 1. The van der Waals surface area contributed by atoms with Gasteiger partial charge in [0.05, 0.1) is 12.8 Å². The predicted molar refractivity (Wildman–Crippen MR) is 69.2 cm³/mol. The molecule has 0 aromatic carbocycles. The van der Waals surface area contributed by atoms with Gasteiger partial charge in [-0.1, -0.05) is 0 Å². The zero-order valence-electron chi connectivity index (χ0n) is 10.6. The fraction of sp³-hybridized carbons (Fsp3) is 0.462. The summed E-state index contributed by atoms with van der Waals surface area (Å²) in [6.45, 7) is 7.19. The lowest BCUT2D eigenvalue weighted by molar-refractivity contribution is 0.228. The van der Waals surface area contributed by atoms with E-state index >= 15 is 0 Å². The van der Waals surface area contributed by atoms with Gasteiger partial charge in [-0.05, 0) is 19.1 Å². The molecule has 0 amide bonds. The van der Waals surface area contributed by atoms with Crippen molar-refractivity contribution in [1.29, 1.82) is 0 Å². The van der Waals surface area contributed by atoms with Crippen molar-refractivity contribution in [3.05, 3.63) is 29.9 Å². The summed E-state index contributed by atoms with van der Waals surface area (Å²) in [5, 5.41) is 3.35. The van der Waals surface area contributed by atoms with E-state index in [2.05, 4.69) is 20.2 Å². The van der Waals surface area contributed by atoms with Crippen LogP contribution in [0.25, 0.3) is 11.5 Å². The smallest absolute Gasteiger partial charge is 0.154 e. The van der Waals surface area contributed by atoms with Crippen molar-refractivity contribution >= 4 is 0 Å². The first-order chi connectivity index (χ1) is 8.83. The summed E-state index contributed by atoms with van der Waals surface area (Å²) in [7, 11) is 0. The second-order valence-electron chi connectivity index (χ2n) is 4.66. The number of aromatic nitrogens is 2. The largest absolute Gasteiger partial charge is 0.463 e. The van der Waals surface area contributed by atoms with Gasteiger partial charge in [0.15, 0.2) is 5.76 Å².